The Hall–Kier alpha value is -3.32. The summed E-state index contributed by atoms with van der Waals surface area (Å²) in [7, 11) is 6.51. The Kier molecular flexibility index (Phi) is 7.53. The van der Waals surface area contributed by atoms with Crippen molar-refractivity contribution in [2.75, 3.05) is 35.0 Å². The molecule has 2 unspecified atom stereocenters. The van der Waals surface area contributed by atoms with Crippen LogP contribution in [0.1, 0.15) is 28.0 Å². The highest BCUT2D eigenvalue weighted by molar-refractivity contribution is 7.99. The van der Waals surface area contributed by atoms with Crippen molar-refractivity contribution in [1.29, 1.82) is 0 Å². The highest BCUT2D eigenvalue weighted by atomic mass is 32.2. The number of nitrogens with zero attached hydrogens (tertiary/aromatic N) is 1. The largest absolute Gasteiger partial charge is 0.493 e. The predicted octanol–water partition coefficient (Wildman–Crippen LogP) is 5.31. The molecule has 0 aliphatic carbocycles. The van der Waals surface area contributed by atoms with Crippen LogP contribution in [0, 0.1) is 0 Å². The average Bonchev–Trinajstić information content (AvgIpc) is 3.04. The molecule has 0 saturated carbocycles. The fourth-order valence-corrected chi connectivity index (χ4v) is 5.64. The third-order valence-corrected chi connectivity index (χ3v) is 7.36. The van der Waals surface area contributed by atoms with Gasteiger partial charge in [-0.05, 0) is 59.5 Å². The van der Waals surface area contributed by atoms with E-state index in [4.69, 9.17) is 18.9 Å². The van der Waals surface area contributed by atoms with Crippen LogP contribution in [-0.2, 0) is 11.2 Å². The Morgan fingerprint density at radius 2 is 1.47 bits per heavy atom. The first-order valence-electron chi connectivity index (χ1n) is 11.0. The Bertz CT molecular complexity index is 1140. The normalized spacial score (nSPS) is 17.4. The number of benzene rings is 3. The summed E-state index contributed by atoms with van der Waals surface area (Å²) in [4.78, 5) is 15.4. The fourth-order valence-electron chi connectivity index (χ4n) is 4.41. The van der Waals surface area contributed by atoms with Gasteiger partial charge in [0.25, 0.3) is 0 Å². The Morgan fingerprint density at radius 3 is 2.12 bits per heavy atom. The van der Waals surface area contributed by atoms with Crippen LogP contribution >= 0.6 is 11.8 Å². The van der Waals surface area contributed by atoms with Crippen LogP contribution in [0.5, 0.6) is 23.0 Å². The standard InChI is InChI=1S/C27H29NO5S/c1-30-23-11-10-18(13-24(23)31-2)22-12-19-14-25(32-3)26(33-4)15-21(19)27(16-28(22)17-29)34-20-8-6-5-7-9-20/h5-11,13-15,17,22,27H,12,16H2,1-4H3. The molecule has 0 radical (unpaired) electrons. The first-order chi connectivity index (χ1) is 16.6. The van der Waals surface area contributed by atoms with E-state index in [2.05, 4.69) is 18.2 Å². The minimum absolute atomic E-state index is 0.0209. The molecule has 6 nitrogen and oxygen atoms in total. The number of hydrogen-bond acceptors (Lipinski definition) is 6. The molecule has 1 aliphatic heterocycles. The molecular formula is C27H29NO5S. The van der Waals surface area contributed by atoms with Crippen LogP contribution in [0.15, 0.2) is 65.6 Å². The Morgan fingerprint density at radius 1 is 0.824 bits per heavy atom. The summed E-state index contributed by atoms with van der Waals surface area (Å²) in [5.41, 5.74) is 3.24. The van der Waals surface area contributed by atoms with E-state index in [-0.39, 0.29) is 11.3 Å². The predicted molar refractivity (Wildman–Crippen MR) is 133 cm³/mol. The number of amides is 1. The van der Waals surface area contributed by atoms with E-state index in [1.54, 1.807) is 40.2 Å². The topological polar surface area (TPSA) is 57.2 Å². The van der Waals surface area contributed by atoms with E-state index in [9.17, 15) is 4.79 Å². The number of ether oxygens (including phenoxy) is 4. The lowest BCUT2D eigenvalue weighted by Crippen LogP contribution is -2.30. The molecule has 3 aromatic rings. The van der Waals surface area contributed by atoms with E-state index in [0.717, 1.165) is 28.0 Å². The first-order valence-corrected chi connectivity index (χ1v) is 11.9. The monoisotopic (exact) mass is 479 g/mol. The first kappa shape index (κ1) is 23.8. The third kappa shape index (κ3) is 4.80. The molecule has 0 saturated heterocycles. The summed E-state index contributed by atoms with van der Waals surface area (Å²) in [5, 5.41) is 0.0209. The van der Waals surface area contributed by atoms with Gasteiger partial charge in [0, 0.05) is 11.4 Å². The molecule has 0 aromatic heterocycles. The summed E-state index contributed by atoms with van der Waals surface area (Å²) in [6.45, 7) is 0.546. The number of methoxy groups -OCH3 is 4. The van der Waals surface area contributed by atoms with Crippen molar-refractivity contribution in [3.63, 3.8) is 0 Å². The summed E-state index contributed by atoms with van der Waals surface area (Å²) >= 11 is 1.74. The van der Waals surface area contributed by atoms with Gasteiger partial charge >= 0.3 is 0 Å². The second-order valence-electron chi connectivity index (χ2n) is 7.96. The number of fused-ring (bicyclic) bond motifs is 1. The number of rotatable bonds is 8. The zero-order valence-corrected chi connectivity index (χ0v) is 20.6. The molecule has 0 N–H and O–H groups in total. The summed E-state index contributed by atoms with van der Waals surface area (Å²) < 4.78 is 22.2. The van der Waals surface area contributed by atoms with Crippen LogP contribution in [0.25, 0.3) is 0 Å². The van der Waals surface area contributed by atoms with E-state index in [1.807, 2.05) is 47.4 Å². The maximum atomic E-state index is 12.4. The van der Waals surface area contributed by atoms with Crippen LogP contribution in [0.3, 0.4) is 0 Å². The van der Waals surface area contributed by atoms with Crippen molar-refractivity contribution < 1.29 is 23.7 Å². The van der Waals surface area contributed by atoms with E-state index in [1.165, 1.54) is 0 Å². The lowest BCUT2D eigenvalue weighted by molar-refractivity contribution is -0.120. The summed E-state index contributed by atoms with van der Waals surface area (Å²) in [5.74, 6) is 2.65. The molecular weight excluding hydrogens is 450 g/mol. The molecule has 178 valence electrons. The second kappa shape index (κ2) is 10.7. The van der Waals surface area contributed by atoms with Gasteiger partial charge in [0.1, 0.15) is 0 Å². The van der Waals surface area contributed by atoms with Gasteiger partial charge < -0.3 is 23.8 Å². The van der Waals surface area contributed by atoms with Crippen LogP contribution < -0.4 is 18.9 Å². The molecule has 7 heteroatoms. The average molecular weight is 480 g/mol. The Balaban J connectivity index is 1.81. The number of carbonyl (C=O) groups is 1. The summed E-state index contributed by atoms with van der Waals surface area (Å²) in [6.07, 6.45) is 1.58. The third-order valence-electron chi connectivity index (χ3n) is 6.13. The zero-order chi connectivity index (χ0) is 24.1. The highest BCUT2D eigenvalue weighted by Gasteiger charge is 2.32. The van der Waals surface area contributed by atoms with Crippen molar-refractivity contribution >= 4 is 18.2 Å². The zero-order valence-electron chi connectivity index (χ0n) is 19.8. The summed E-state index contributed by atoms with van der Waals surface area (Å²) in [6, 6.07) is 20.0. The molecule has 4 rings (SSSR count). The lowest BCUT2D eigenvalue weighted by atomic mass is 9.95. The van der Waals surface area contributed by atoms with E-state index in [0.29, 0.717) is 36.0 Å². The molecule has 0 spiro atoms. The smallest absolute Gasteiger partial charge is 0.210 e. The van der Waals surface area contributed by atoms with E-state index < -0.39 is 0 Å². The minimum atomic E-state index is -0.171. The van der Waals surface area contributed by atoms with Crippen molar-refractivity contribution in [2.45, 2.75) is 22.6 Å². The van der Waals surface area contributed by atoms with Crippen LogP contribution in [0.2, 0.25) is 0 Å². The molecule has 1 aliphatic rings. The van der Waals surface area contributed by atoms with Crippen molar-refractivity contribution in [3.8, 4) is 23.0 Å². The van der Waals surface area contributed by atoms with Gasteiger partial charge in [-0.2, -0.15) is 0 Å². The second-order valence-corrected chi connectivity index (χ2v) is 9.24. The van der Waals surface area contributed by atoms with Gasteiger partial charge in [-0.3, -0.25) is 4.79 Å². The molecule has 0 bridgehead atoms. The fraction of sp³-hybridized carbons (Fsp3) is 0.296. The lowest BCUT2D eigenvalue weighted by Gasteiger charge is -2.29. The molecule has 34 heavy (non-hydrogen) atoms. The number of thioether (sulfide) groups is 1. The molecule has 1 heterocycles. The van der Waals surface area contributed by atoms with Gasteiger partial charge in [-0.15, -0.1) is 11.8 Å². The van der Waals surface area contributed by atoms with Gasteiger partial charge in [0.15, 0.2) is 23.0 Å². The minimum Gasteiger partial charge on any atom is -0.493 e. The van der Waals surface area contributed by atoms with Crippen molar-refractivity contribution in [2.24, 2.45) is 0 Å². The van der Waals surface area contributed by atoms with Crippen molar-refractivity contribution in [3.05, 3.63) is 77.4 Å². The van der Waals surface area contributed by atoms with Crippen molar-refractivity contribution in [1.82, 2.24) is 4.90 Å². The van der Waals surface area contributed by atoms with E-state index >= 15 is 0 Å². The maximum absolute atomic E-state index is 12.4. The van der Waals surface area contributed by atoms with Gasteiger partial charge in [-0.1, -0.05) is 24.3 Å². The maximum Gasteiger partial charge on any atom is 0.210 e. The van der Waals surface area contributed by atoms with Gasteiger partial charge in [-0.25, -0.2) is 0 Å². The number of carbonyl (C=O) groups excluding carboxylic acids is 1. The molecule has 1 amide bonds. The molecule has 2 atom stereocenters. The molecule has 3 aromatic carbocycles. The van der Waals surface area contributed by atoms with Crippen LogP contribution in [0.4, 0.5) is 0 Å². The van der Waals surface area contributed by atoms with Crippen LogP contribution in [-0.4, -0.2) is 46.3 Å². The molecule has 0 fully saturated rings. The van der Waals surface area contributed by atoms with Gasteiger partial charge in [0.2, 0.25) is 6.41 Å². The Labute approximate surface area is 204 Å². The van der Waals surface area contributed by atoms with Gasteiger partial charge in [0.05, 0.1) is 39.7 Å². The number of hydrogen-bond donors (Lipinski definition) is 0. The quantitative estimate of drug-likeness (QED) is 0.408. The SMILES string of the molecule is COc1ccc(C2Cc3cc(OC)c(OC)cc3C(Sc3ccccc3)CN2C=O)cc1OC. The highest BCUT2D eigenvalue weighted by Crippen LogP contribution is 2.46.